The van der Waals surface area contributed by atoms with Crippen LogP contribution in [0.2, 0.25) is 0 Å². The van der Waals surface area contributed by atoms with Gasteiger partial charge in [-0.2, -0.15) is 10.2 Å². The second-order valence-corrected chi connectivity index (χ2v) is 6.79. The summed E-state index contributed by atoms with van der Waals surface area (Å²) < 4.78 is 31.1. The van der Waals surface area contributed by atoms with Gasteiger partial charge >= 0.3 is 0 Å². The molecule has 7 nitrogen and oxygen atoms in total. The summed E-state index contributed by atoms with van der Waals surface area (Å²) in [4.78, 5) is 7.80. The first kappa shape index (κ1) is 18.9. The molecule has 0 aliphatic heterocycles. The quantitative estimate of drug-likeness (QED) is 0.542. The lowest BCUT2D eigenvalue weighted by atomic mass is 9.78. The van der Waals surface area contributed by atoms with E-state index in [0.29, 0.717) is 0 Å². The van der Waals surface area contributed by atoms with E-state index < -0.39 is 23.2 Å². The maximum Gasteiger partial charge on any atom is 0.138 e. The van der Waals surface area contributed by atoms with Gasteiger partial charge in [0.15, 0.2) is 0 Å². The number of nitrogens with zero attached hydrogens (tertiary/aromatic N) is 6. The maximum atomic E-state index is 14.6. The molecule has 0 fully saturated rings. The molecule has 2 atom stereocenters. The Bertz CT molecular complexity index is 1080. The van der Waals surface area contributed by atoms with Crippen LogP contribution in [-0.2, 0) is 12.1 Å². The second-order valence-electron chi connectivity index (χ2n) is 6.79. The smallest absolute Gasteiger partial charge is 0.138 e. The average molecular weight is 396 g/mol. The minimum atomic E-state index is -1.69. The van der Waals surface area contributed by atoms with Crippen LogP contribution in [0, 0.1) is 11.6 Å². The van der Waals surface area contributed by atoms with Crippen molar-refractivity contribution in [3.05, 3.63) is 90.5 Å². The first-order chi connectivity index (χ1) is 14.0. The Labute approximate surface area is 165 Å². The van der Waals surface area contributed by atoms with Crippen molar-refractivity contribution in [1.82, 2.24) is 29.5 Å². The Morgan fingerprint density at radius 2 is 1.72 bits per heavy atom. The van der Waals surface area contributed by atoms with Crippen molar-refractivity contribution in [2.75, 3.05) is 0 Å². The van der Waals surface area contributed by atoms with Gasteiger partial charge in [-0.05, 0) is 23.8 Å². The van der Waals surface area contributed by atoms with Crippen molar-refractivity contribution in [1.29, 1.82) is 0 Å². The van der Waals surface area contributed by atoms with Crippen LogP contribution in [0.4, 0.5) is 8.78 Å². The van der Waals surface area contributed by atoms with Crippen molar-refractivity contribution in [2.24, 2.45) is 0 Å². The maximum absolute atomic E-state index is 14.6. The topological polar surface area (TPSA) is 81.6 Å². The Balaban J connectivity index is 1.74. The number of halogens is 2. The SMILES string of the molecule is C[C@@H](c1ccc(-n2cncn2)cc1)[C@](O)(Cn1cncn1)c1ccc(F)cc1F. The van der Waals surface area contributed by atoms with Crippen molar-refractivity contribution in [3.63, 3.8) is 0 Å². The largest absolute Gasteiger partial charge is 0.382 e. The van der Waals surface area contributed by atoms with Gasteiger partial charge in [-0.3, -0.25) is 0 Å². The highest BCUT2D eigenvalue weighted by Gasteiger charge is 2.39. The summed E-state index contributed by atoms with van der Waals surface area (Å²) >= 11 is 0. The van der Waals surface area contributed by atoms with Gasteiger partial charge in [0.1, 0.15) is 42.5 Å². The zero-order valence-electron chi connectivity index (χ0n) is 15.5. The number of benzene rings is 2. The molecule has 0 radical (unpaired) electrons. The van der Waals surface area contributed by atoms with Crippen LogP contribution >= 0.6 is 0 Å². The lowest BCUT2D eigenvalue weighted by molar-refractivity contribution is -0.0112. The molecule has 4 aromatic rings. The predicted octanol–water partition coefficient (Wildman–Crippen LogP) is 2.83. The zero-order valence-corrected chi connectivity index (χ0v) is 15.5. The fourth-order valence-electron chi connectivity index (χ4n) is 3.39. The highest BCUT2D eigenvalue weighted by atomic mass is 19.1. The van der Waals surface area contributed by atoms with Crippen molar-refractivity contribution < 1.29 is 13.9 Å². The molecular formula is C20H18F2N6O. The van der Waals surface area contributed by atoms with Crippen molar-refractivity contribution in [3.8, 4) is 5.69 Å². The summed E-state index contributed by atoms with van der Waals surface area (Å²) in [5, 5.41) is 19.7. The molecule has 2 aromatic carbocycles. The second kappa shape index (κ2) is 7.51. The van der Waals surface area contributed by atoms with E-state index >= 15 is 0 Å². The van der Waals surface area contributed by atoms with Crippen LogP contribution in [0.3, 0.4) is 0 Å². The lowest BCUT2D eigenvalue weighted by Crippen LogP contribution is -2.38. The van der Waals surface area contributed by atoms with Gasteiger partial charge in [0, 0.05) is 17.5 Å². The van der Waals surface area contributed by atoms with E-state index in [1.54, 1.807) is 17.9 Å². The molecule has 1 N–H and O–H groups in total. The van der Waals surface area contributed by atoms with Gasteiger partial charge < -0.3 is 5.11 Å². The van der Waals surface area contributed by atoms with Gasteiger partial charge in [-0.1, -0.05) is 25.1 Å². The summed E-state index contributed by atoms with van der Waals surface area (Å²) in [6.07, 6.45) is 5.78. The minimum absolute atomic E-state index is 0.0118. The fraction of sp³-hybridized carbons (Fsp3) is 0.200. The summed E-state index contributed by atoms with van der Waals surface area (Å²) in [5.74, 6) is -2.07. The van der Waals surface area contributed by atoms with Gasteiger partial charge in [0.2, 0.25) is 0 Å². The molecule has 0 aliphatic carbocycles. The fourth-order valence-corrected chi connectivity index (χ4v) is 3.39. The third-order valence-electron chi connectivity index (χ3n) is 5.06. The molecule has 29 heavy (non-hydrogen) atoms. The van der Waals surface area contributed by atoms with Crippen LogP contribution in [0.25, 0.3) is 5.69 Å². The number of aliphatic hydroxyl groups is 1. The molecule has 9 heteroatoms. The molecule has 0 unspecified atom stereocenters. The highest BCUT2D eigenvalue weighted by Crippen LogP contribution is 2.39. The number of hydrogen-bond acceptors (Lipinski definition) is 5. The highest BCUT2D eigenvalue weighted by molar-refractivity contribution is 5.37. The predicted molar refractivity (Wildman–Crippen MR) is 100 cm³/mol. The van der Waals surface area contributed by atoms with E-state index in [9.17, 15) is 13.9 Å². The Kier molecular flexibility index (Phi) is 4.89. The van der Waals surface area contributed by atoms with E-state index in [1.165, 1.54) is 29.7 Å². The molecule has 148 valence electrons. The third-order valence-corrected chi connectivity index (χ3v) is 5.06. The molecule has 4 rings (SSSR count). The van der Waals surface area contributed by atoms with E-state index in [1.807, 2.05) is 24.3 Å². The van der Waals surface area contributed by atoms with Crippen LogP contribution < -0.4 is 0 Å². The van der Waals surface area contributed by atoms with Gasteiger partial charge in [0.25, 0.3) is 0 Å². The number of aromatic nitrogens is 6. The lowest BCUT2D eigenvalue weighted by Gasteiger charge is -2.35. The monoisotopic (exact) mass is 396 g/mol. The first-order valence-electron chi connectivity index (χ1n) is 8.92. The zero-order chi connectivity index (χ0) is 20.4. The van der Waals surface area contributed by atoms with Gasteiger partial charge in [-0.25, -0.2) is 28.1 Å². The molecular weight excluding hydrogens is 378 g/mol. The molecule has 0 saturated carbocycles. The van der Waals surface area contributed by atoms with Crippen molar-refractivity contribution in [2.45, 2.75) is 25.0 Å². The summed E-state index contributed by atoms with van der Waals surface area (Å²) in [5.41, 5.74) is -0.144. The molecule has 0 amide bonds. The van der Waals surface area contributed by atoms with E-state index in [-0.39, 0.29) is 12.1 Å². The number of rotatable bonds is 6. The molecule has 0 bridgehead atoms. The summed E-state index contributed by atoms with van der Waals surface area (Å²) in [6, 6.07) is 10.5. The van der Waals surface area contributed by atoms with Gasteiger partial charge in [-0.15, -0.1) is 0 Å². The summed E-state index contributed by atoms with van der Waals surface area (Å²) in [7, 11) is 0. The van der Waals surface area contributed by atoms with E-state index in [2.05, 4.69) is 20.2 Å². The molecule has 0 saturated heterocycles. The molecule has 0 aliphatic rings. The normalized spacial score (nSPS) is 14.5. The molecule has 2 aromatic heterocycles. The summed E-state index contributed by atoms with van der Waals surface area (Å²) in [6.45, 7) is 1.73. The van der Waals surface area contributed by atoms with Gasteiger partial charge in [0.05, 0.1) is 12.2 Å². The van der Waals surface area contributed by atoms with Crippen LogP contribution in [-0.4, -0.2) is 34.6 Å². The van der Waals surface area contributed by atoms with E-state index in [4.69, 9.17) is 0 Å². The average Bonchev–Trinajstić information content (AvgIpc) is 3.41. The van der Waals surface area contributed by atoms with E-state index in [0.717, 1.165) is 23.4 Å². The van der Waals surface area contributed by atoms with Crippen molar-refractivity contribution >= 4 is 0 Å². The Morgan fingerprint density at radius 3 is 2.34 bits per heavy atom. The standard InChI is InChI=1S/C20H18F2N6O/c1-14(15-2-5-17(6-3-15)28-13-24-11-26-28)20(29,9-27-12-23-10-25-27)18-7-4-16(21)8-19(18)22/h2-8,10-14,29H,9H2,1H3/t14-,20+/m0/s1. The third kappa shape index (κ3) is 3.64. The van der Waals surface area contributed by atoms with Crippen LogP contribution in [0.5, 0.6) is 0 Å². The Morgan fingerprint density at radius 1 is 1.00 bits per heavy atom. The van der Waals surface area contributed by atoms with Crippen LogP contribution in [0.1, 0.15) is 24.0 Å². The first-order valence-corrected chi connectivity index (χ1v) is 8.92. The van der Waals surface area contributed by atoms with Crippen LogP contribution in [0.15, 0.2) is 67.8 Å². The molecule has 0 spiro atoms. The Hall–Kier alpha value is -3.46. The molecule has 2 heterocycles. The number of hydrogen-bond donors (Lipinski definition) is 1. The minimum Gasteiger partial charge on any atom is -0.382 e.